The van der Waals surface area contributed by atoms with Crippen molar-refractivity contribution in [3.63, 3.8) is 0 Å². The molecule has 2 rings (SSSR count). The summed E-state index contributed by atoms with van der Waals surface area (Å²) in [5, 5.41) is 3.38. The monoisotopic (exact) mass is 288 g/mol. The molecule has 1 atom stereocenters. The average molecular weight is 288 g/mol. The highest BCUT2D eigenvalue weighted by Crippen LogP contribution is 2.19. The van der Waals surface area contributed by atoms with Gasteiger partial charge in [-0.2, -0.15) is 11.8 Å². The fourth-order valence-corrected chi connectivity index (χ4v) is 2.46. The molecule has 0 aliphatic rings. The van der Waals surface area contributed by atoms with Gasteiger partial charge in [-0.05, 0) is 25.4 Å². The Morgan fingerprint density at radius 1 is 1.25 bits per heavy atom. The number of nitrogens with zero attached hydrogens (tertiary/aromatic N) is 2. The van der Waals surface area contributed by atoms with Crippen molar-refractivity contribution in [2.24, 2.45) is 0 Å². The van der Waals surface area contributed by atoms with E-state index >= 15 is 0 Å². The van der Waals surface area contributed by atoms with E-state index in [2.05, 4.69) is 28.5 Å². The van der Waals surface area contributed by atoms with Crippen LogP contribution >= 0.6 is 11.8 Å². The van der Waals surface area contributed by atoms with E-state index in [1.807, 2.05) is 42.1 Å². The Balaban J connectivity index is 2.17. The van der Waals surface area contributed by atoms with Crippen LogP contribution in [0.2, 0.25) is 0 Å². The summed E-state index contributed by atoms with van der Waals surface area (Å²) in [4.78, 5) is 8.84. The number of rotatable bonds is 6. The molecular weight excluding hydrogens is 268 g/mol. The van der Waals surface area contributed by atoms with Crippen molar-refractivity contribution in [3.8, 4) is 11.4 Å². The van der Waals surface area contributed by atoms with Crippen molar-refractivity contribution in [2.45, 2.75) is 19.4 Å². The third-order valence-corrected chi connectivity index (χ3v) is 3.57. The second-order valence-corrected chi connectivity index (χ2v) is 5.68. The van der Waals surface area contributed by atoms with Gasteiger partial charge in [0.15, 0.2) is 5.82 Å². The van der Waals surface area contributed by atoms with Crippen LogP contribution in [0.1, 0.15) is 13.3 Å². The van der Waals surface area contributed by atoms with Gasteiger partial charge in [0.05, 0.1) is 0 Å². The largest absolute Gasteiger partial charge is 0.384 e. The fourth-order valence-electron chi connectivity index (χ4n) is 1.88. The second-order valence-electron chi connectivity index (χ2n) is 4.69. The van der Waals surface area contributed by atoms with Crippen molar-refractivity contribution in [2.75, 3.05) is 23.1 Å². The predicted molar refractivity (Wildman–Crippen MR) is 88.0 cm³/mol. The Morgan fingerprint density at radius 2 is 2.00 bits per heavy atom. The molecule has 0 aliphatic heterocycles. The van der Waals surface area contributed by atoms with E-state index in [1.54, 1.807) is 6.07 Å². The lowest BCUT2D eigenvalue weighted by Crippen LogP contribution is -2.17. The molecule has 20 heavy (non-hydrogen) atoms. The zero-order valence-electron chi connectivity index (χ0n) is 11.8. The number of nitrogen functional groups attached to an aromatic ring is 1. The minimum atomic E-state index is 0.361. The molecule has 0 bridgehead atoms. The number of hydrogen-bond donors (Lipinski definition) is 2. The first-order valence-corrected chi connectivity index (χ1v) is 8.04. The van der Waals surface area contributed by atoms with Gasteiger partial charge in [0.25, 0.3) is 0 Å². The van der Waals surface area contributed by atoms with Crippen LogP contribution in [0.4, 0.5) is 11.6 Å². The fraction of sp³-hybridized carbons (Fsp3) is 0.333. The lowest BCUT2D eigenvalue weighted by molar-refractivity contribution is 0.766. The van der Waals surface area contributed by atoms with E-state index < -0.39 is 0 Å². The summed E-state index contributed by atoms with van der Waals surface area (Å²) < 4.78 is 0. The lowest BCUT2D eigenvalue weighted by Gasteiger charge is -2.14. The molecular formula is C15H20N4S. The van der Waals surface area contributed by atoms with Gasteiger partial charge in [-0.1, -0.05) is 30.3 Å². The highest BCUT2D eigenvalue weighted by molar-refractivity contribution is 7.98. The molecule has 0 aliphatic carbocycles. The molecule has 0 saturated heterocycles. The Labute approximate surface area is 124 Å². The molecule has 106 valence electrons. The molecule has 2 aromatic rings. The SMILES string of the molecule is CSCCC(C)Nc1cc(N)nc(-c2ccccc2)n1. The zero-order chi connectivity index (χ0) is 14.4. The molecule has 1 heterocycles. The summed E-state index contributed by atoms with van der Waals surface area (Å²) in [5.41, 5.74) is 6.85. The standard InChI is InChI=1S/C15H20N4S/c1-11(8-9-20-2)17-14-10-13(16)18-15(19-14)12-6-4-3-5-7-12/h3-7,10-11H,8-9H2,1-2H3,(H3,16,17,18,19). The molecule has 0 saturated carbocycles. The molecule has 1 unspecified atom stereocenters. The molecule has 1 aromatic heterocycles. The maximum Gasteiger partial charge on any atom is 0.163 e. The van der Waals surface area contributed by atoms with Gasteiger partial charge in [0, 0.05) is 17.7 Å². The Bertz CT molecular complexity index is 545. The summed E-state index contributed by atoms with van der Waals surface area (Å²) in [6.45, 7) is 2.15. The Hall–Kier alpha value is -1.75. The van der Waals surface area contributed by atoms with E-state index in [-0.39, 0.29) is 0 Å². The van der Waals surface area contributed by atoms with Crippen LogP contribution < -0.4 is 11.1 Å². The third-order valence-electron chi connectivity index (χ3n) is 2.93. The van der Waals surface area contributed by atoms with Crippen LogP contribution in [0.25, 0.3) is 11.4 Å². The van der Waals surface area contributed by atoms with Gasteiger partial charge in [-0.15, -0.1) is 0 Å². The number of nitrogens with one attached hydrogen (secondary N) is 1. The molecule has 0 amide bonds. The van der Waals surface area contributed by atoms with Crippen LogP contribution in [0.15, 0.2) is 36.4 Å². The number of anilines is 2. The number of hydrogen-bond acceptors (Lipinski definition) is 5. The van der Waals surface area contributed by atoms with Gasteiger partial charge in [0.2, 0.25) is 0 Å². The van der Waals surface area contributed by atoms with E-state index in [0.717, 1.165) is 23.6 Å². The minimum Gasteiger partial charge on any atom is -0.384 e. The van der Waals surface area contributed by atoms with Crippen molar-refractivity contribution in [1.82, 2.24) is 9.97 Å². The third kappa shape index (κ3) is 4.13. The van der Waals surface area contributed by atoms with E-state index in [0.29, 0.717) is 17.7 Å². The van der Waals surface area contributed by atoms with Crippen LogP contribution in [0.5, 0.6) is 0 Å². The molecule has 5 heteroatoms. The Morgan fingerprint density at radius 3 is 2.70 bits per heavy atom. The number of nitrogens with two attached hydrogens (primary N) is 1. The number of benzene rings is 1. The average Bonchev–Trinajstić information content (AvgIpc) is 2.45. The normalized spacial score (nSPS) is 12.1. The lowest BCUT2D eigenvalue weighted by atomic mass is 10.2. The predicted octanol–water partition coefficient (Wildman–Crippen LogP) is 3.28. The zero-order valence-corrected chi connectivity index (χ0v) is 12.7. The number of aromatic nitrogens is 2. The van der Waals surface area contributed by atoms with Crippen LogP contribution in [-0.4, -0.2) is 28.0 Å². The topological polar surface area (TPSA) is 63.8 Å². The molecule has 3 N–H and O–H groups in total. The first kappa shape index (κ1) is 14.7. The quantitative estimate of drug-likeness (QED) is 0.854. The summed E-state index contributed by atoms with van der Waals surface area (Å²) in [6.07, 6.45) is 3.20. The smallest absolute Gasteiger partial charge is 0.163 e. The highest BCUT2D eigenvalue weighted by atomic mass is 32.2. The summed E-state index contributed by atoms with van der Waals surface area (Å²) in [5.74, 6) is 3.05. The number of thioether (sulfide) groups is 1. The summed E-state index contributed by atoms with van der Waals surface area (Å²) in [6, 6.07) is 12.0. The van der Waals surface area contributed by atoms with Gasteiger partial charge in [-0.25, -0.2) is 9.97 Å². The van der Waals surface area contributed by atoms with Gasteiger partial charge in [0.1, 0.15) is 11.6 Å². The molecule has 0 fully saturated rings. The van der Waals surface area contributed by atoms with Crippen molar-refractivity contribution in [3.05, 3.63) is 36.4 Å². The van der Waals surface area contributed by atoms with Crippen LogP contribution in [0, 0.1) is 0 Å². The van der Waals surface area contributed by atoms with Crippen molar-refractivity contribution in [1.29, 1.82) is 0 Å². The summed E-state index contributed by atoms with van der Waals surface area (Å²) in [7, 11) is 0. The van der Waals surface area contributed by atoms with E-state index in [4.69, 9.17) is 5.73 Å². The maximum atomic E-state index is 5.88. The minimum absolute atomic E-state index is 0.361. The Kier molecular flexibility index (Phi) is 5.24. The van der Waals surface area contributed by atoms with Gasteiger partial charge >= 0.3 is 0 Å². The summed E-state index contributed by atoms with van der Waals surface area (Å²) >= 11 is 1.85. The molecule has 4 nitrogen and oxygen atoms in total. The first-order chi connectivity index (χ1) is 9.69. The van der Waals surface area contributed by atoms with Crippen LogP contribution in [-0.2, 0) is 0 Å². The van der Waals surface area contributed by atoms with Crippen molar-refractivity contribution >= 4 is 23.4 Å². The van der Waals surface area contributed by atoms with E-state index in [9.17, 15) is 0 Å². The van der Waals surface area contributed by atoms with Gasteiger partial charge in [-0.3, -0.25) is 0 Å². The van der Waals surface area contributed by atoms with Crippen LogP contribution in [0.3, 0.4) is 0 Å². The molecule has 1 aromatic carbocycles. The highest BCUT2D eigenvalue weighted by Gasteiger charge is 2.07. The van der Waals surface area contributed by atoms with Crippen molar-refractivity contribution < 1.29 is 0 Å². The van der Waals surface area contributed by atoms with Gasteiger partial charge < -0.3 is 11.1 Å². The van der Waals surface area contributed by atoms with E-state index in [1.165, 1.54) is 0 Å². The second kappa shape index (κ2) is 7.14. The molecule has 0 spiro atoms. The maximum absolute atomic E-state index is 5.88. The molecule has 0 radical (unpaired) electrons. The first-order valence-electron chi connectivity index (χ1n) is 6.64.